The molecule has 3 N–H and O–H groups in total. The molecular weight excluding hydrogens is 372 g/mol. The minimum Gasteiger partial charge on any atom is -0.416 e. The molecule has 1 fully saturated rings. The zero-order valence-electron chi connectivity index (χ0n) is 14.5. The fraction of sp³-hybridized carbons (Fsp3) is 0.375. The van der Waals surface area contributed by atoms with E-state index in [-0.39, 0.29) is 34.7 Å². The standard InChI is InChI=1S/C16H18N6O4S/c1-9-10(14(24)20-15(25)18-9)5-6-13-21-22-16(26-13)27-8-12(23)19-11-4-2-3-7-17-11/h2-4,7,9-10H,5-6,8H2,1H3,(H,17,19,23)(H2,18,20,24,25). The Balaban J connectivity index is 1.45. The molecule has 11 heteroatoms. The van der Waals surface area contributed by atoms with Crippen molar-refractivity contribution >= 4 is 35.4 Å². The third-order valence-corrected chi connectivity index (χ3v) is 4.73. The molecule has 2 aromatic heterocycles. The Morgan fingerprint density at radius 1 is 1.33 bits per heavy atom. The molecule has 0 saturated carbocycles. The molecule has 3 heterocycles. The first kappa shape index (κ1) is 18.8. The number of pyridine rings is 1. The molecule has 0 aliphatic carbocycles. The quantitative estimate of drug-likeness (QED) is 0.594. The van der Waals surface area contributed by atoms with Crippen molar-refractivity contribution in [2.75, 3.05) is 11.1 Å². The number of aryl methyl sites for hydroxylation is 1. The van der Waals surface area contributed by atoms with Crippen molar-refractivity contribution in [1.29, 1.82) is 0 Å². The third-order valence-electron chi connectivity index (χ3n) is 3.91. The predicted molar refractivity (Wildman–Crippen MR) is 95.8 cm³/mol. The molecule has 2 unspecified atom stereocenters. The molecular formula is C16H18N6O4S. The molecule has 1 aliphatic heterocycles. The average molecular weight is 390 g/mol. The van der Waals surface area contributed by atoms with E-state index >= 15 is 0 Å². The predicted octanol–water partition coefficient (Wildman–Crippen LogP) is 0.972. The molecule has 3 rings (SSSR count). The summed E-state index contributed by atoms with van der Waals surface area (Å²) in [5.41, 5.74) is 0. The molecule has 0 radical (unpaired) electrons. The van der Waals surface area contributed by atoms with Crippen molar-refractivity contribution < 1.29 is 18.8 Å². The number of rotatable bonds is 7. The molecule has 1 aliphatic rings. The van der Waals surface area contributed by atoms with Gasteiger partial charge in [-0.15, -0.1) is 10.2 Å². The largest absolute Gasteiger partial charge is 0.416 e. The number of amides is 4. The van der Waals surface area contributed by atoms with Gasteiger partial charge in [-0.2, -0.15) is 0 Å². The van der Waals surface area contributed by atoms with Crippen LogP contribution >= 0.6 is 11.8 Å². The summed E-state index contributed by atoms with van der Waals surface area (Å²) < 4.78 is 5.49. The van der Waals surface area contributed by atoms with Crippen molar-refractivity contribution in [3.8, 4) is 0 Å². The van der Waals surface area contributed by atoms with Crippen molar-refractivity contribution in [2.24, 2.45) is 5.92 Å². The summed E-state index contributed by atoms with van der Waals surface area (Å²) in [5, 5.41) is 15.7. The Hall–Kier alpha value is -2.95. The van der Waals surface area contributed by atoms with Gasteiger partial charge in [-0.1, -0.05) is 17.8 Å². The summed E-state index contributed by atoms with van der Waals surface area (Å²) in [4.78, 5) is 39.0. The van der Waals surface area contributed by atoms with Gasteiger partial charge in [0.1, 0.15) is 5.82 Å². The first-order chi connectivity index (χ1) is 13.0. The van der Waals surface area contributed by atoms with Gasteiger partial charge in [-0.05, 0) is 25.5 Å². The lowest BCUT2D eigenvalue weighted by molar-refractivity contribution is -0.125. The number of aromatic nitrogens is 3. The number of imide groups is 1. The molecule has 2 atom stereocenters. The van der Waals surface area contributed by atoms with Gasteiger partial charge < -0.3 is 15.1 Å². The second-order valence-corrected chi connectivity index (χ2v) is 6.84. The van der Waals surface area contributed by atoms with Gasteiger partial charge in [-0.25, -0.2) is 9.78 Å². The maximum absolute atomic E-state index is 11.9. The van der Waals surface area contributed by atoms with Gasteiger partial charge in [0.15, 0.2) is 0 Å². The maximum atomic E-state index is 11.9. The zero-order chi connectivity index (χ0) is 19.2. The highest BCUT2D eigenvalue weighted by Crippen LogP contribution is 2.20. The molecule has 10 nitrogen and oxygen atoms in total. The van der Waals surface area contributed by atoms with Crippen LogP contribution in [0.3, 0.4) is 0 Å². The summed E-state index contributed by atoms with van der Waals surface area (Å²) in [7, 11) is 0. The Labute approximate surface area is 158 Å². The second-order valence-electron chi connectivity index (χ2n) is 5.91. The zero-order valence-corrected chi connectivity index (χ0v) is 15.3. The minimum absolute atomic E-state index is 0.103. The summed E-state index contributed by atoms with van der Waals surface area (Å²) in [6.45, 7) is 1.77. The average Bonchev–Trinajstić information content (AvgIpc) is 3.08. The lowest BCUT2D eigenvalue weighted by atomic mass is 9.93. The van der Waals surface area contributed by atoms with Gasteiger partial charge in [-0.3, -0.25) is 14.9 Å². The Morgan fingerprint density at radius 3 is 2.93 bits per heavy atom. The van der Waals surface area contributed by atoms with Crippen LogP contribution in [0.1, 0.15) is 19.2 Å². The van der Waals surface area contributed by atoms with Crippen molar-refractivity contribution in [3.05, 3.63) is 30.3 Å². The number of hydrogen-bond donors (Lipinski definition) is 3. The van der Waals surface area contributed by atoms with Gasteiger partial charge in [0.2, 0.25) is 17.7 Å². The highest BCUT2D eigenvalue weighted by Gasteiger charge is 2.32. The van der Waals surface area contributed by atoms with Crippen LogP contribution in [0.4, 0.5) is 10.6 Å². The third kappa shape index (κ3) is 5.26. The summed E-state index contributed by atoms with van der Waals surface area (Å²) >= 11 is 1.12. The van der Waals surface area contributed by atoms with E-state index in [1.807, 2.05) is 0 Å². The number of thioether (sulfide) groups is 1. The van der Waals surface area contributed by atoms with Crippen LogP contribution in [-0.4, -0.2) is 44.8 Å². The van der Waals surface area contributed by atoms with Crippen LogP contribution in [0.15, 0.2) is 34.0 Å². The van der Waals surface area contributed by atoms with Gasteiger partial charge in [0, 0.05) is 18.7 Å². The second kappa shape index (κ2) is 8.62. The fourth-order valence-corrected chi connectivity index (χ4v) is 3.16. The topological polar surface area (TPSA) is 139 Å². The van der Waals surface area contributed by atoms with Crippen molar-refractivity contribution in [3.63, 3.8) is 0 Å². The SMILES string of the molecule is CC1NC(=O)NC(=O)C1CCc1nnc(SCC(=O)Nc2ccccn2)o1. The first-order valence-electron chi connectivity index (χ1n) is 8.28. The van der Waals surface area contributed by atoms with E-state index in [4.69, 9.17) is 4.42 Å². The number of urea groups is 1. The summed E-state index contributed by atoms with van der Waals surface area (Å²) in [6.07, 6.45) is 2.44. The lowest BCUT2D eigenvalue weighted by Gasteiger charge is -2.28. The smallest absolute Gasteiger partial charge is 0.321 e. The van der Waals surface area contributed by atoms with E-state index in [1.54, 1.807) is 31.3 Å². The summed E-state index contributed by atoms with van der Waals surface area (Å²) in [6, 6.07) is 4.48. The van der Waals surface area contributed by atoms with E-state index < -0.39 is 6.03 Å². The van der Waals surface area contributed by atoms with E-state index in [1.165, 1.54) is 0 Å². The van der Waals surface area contributed by atoms with Gasteiger partial charge in [0.25, 0.3) is 5.22 Å². The van der Waals surface area contributed by atoms with Crippen LogP contribution in [0.5, 0.6) is 0 Å². The first-order valence-corrected chi connectivity index (χ1v) is 9.27. The van der Waals surface area contributed by atoms with Crippen LogP contribution in [0.25, 0.3) is 0 Å². The summed E-state index contributed by atoms with van der Waals surface area (Å²) in [5.74, 6) is 0.0379. The van der Waals surface area contributed by atoms with Crippen LogP contribution in [0.2, 0.25) is 0 Å². The maximum Gasteiger partial charge on any atom is 0.321 e. The molecule has 2 aromatic rings. The van der Waals surface area contributed by atoms with Gasteiger partial charge in [0.05, 0.1) is 11.7 Å². The Kier molecular flexibility index (Phi) is 6.01. The number of nitrogens with one attached hydrogen (secondary N) is 3. The van der Waals surface area contributed by atoms with Gasteiger partial charge >= 0.3 is 6.03 Å². The lowest BCUT2D eigenvalue weighted by Crippen LogP contribution is -2.57. The highest BCUT2D eigenvalue weighted by atomic mass is 32.2. The molecule has 4 amide bonds. The molecule has 142 valence electrons. The van der Waals surface area contributed by atoms with Crippen LogP contribution in [0, 0.1) is 5.92 Å². The number of carbonyl (C=O) groups excluding carboxylic acids is 3. The minimum atomic E-state index is -0.482. The molecule has 0 aromatic carbocycles. The number of nitrogens with zero attached hydrogens (tertiary/aromatic N) is 3. The number of carbonyl (C=O) groups is 3. The van der Waals surface area contributed by atoms with E-state index in [0.717, 1.165) is 11.8 Å². The number of hydrogen-bond acceptors (Lipinski definition) is 8. The molecule has 0 spiro atoms. The van der Waals surface area contributed by atoms with Crippen molar-refractivity contribution in [1.82, 2.24) is 25.8 Å². The molecule has 1 saturated heterocycles. The monoisotopic (exact) mass is 390 g/mol. The van der Waals surface area contributed by atoms with Crippen LogP contribution in [-0.2, 0) is 16.0 Å². The number of anilines is 1. The van der Waals surface area contributed by atoms with E-state index in [0.29, 0.717) is 24.6 Å². The molecule has 0 bridgehead atoms. The van der Waals surface area contributed by atoms with Crippen LogP contribution < -0.4 is 16.0 Å². The molecule has 27 heavy (non-hydrogen) atoms. The fourth-order valence-electron chi connectivity index (χ4n) is 2.58. The normalized spacial score (nSPS) is 19.3. The van der Waals surface area contributed by atoms with E-state index in [9.17, 15) is 14.4 Å². The van der Waals surface area contributed by atoms with Crippen molar-refractivity contribution in [2.45, 2.75) is 31.0 Å². The highest BCUT2D eigenvalue weighted by molar-refractivity contribution is 7.99. The van der Waals surface area contributed by atoms with E-state index in [2.05, 4.69) is 31.1 Å². The Morgan fingerprint density at radius 2 is 2.19 bits per heavy atom. The Bertz CT molecular complexity index is 827.